The van der Waals surface area contributed by atoms with Crippen LogP contribution in [0.4, 0.5) is 10.2 Å². The lowest BCUT2D eigenvalue weighted by molar-refractivity contribution is -0.00502. The van der Waals surface area contributed by atoms with Crippen LogP contribution in [0.5, 0.6) is 0 Å². The van der Waals surface area contributed by atoms with E-state index >= 15 is 0 Å². The van der Waals surface area contributed by atoms with Gasteiger partial charge in [-0.05, 0) is 45.5 Å². The van der Waals surface area contributed by atoms with Crippen LogP contribution >= 0.6 is 24.0 Å². The minimum Gasteiger partial charge on any atom is -0.381 e. The maximum absolute atomic E-state index is 14.0. The van der Waals surface area contributed by atoms with Crippen LogP contribution in [0.2, 0.25) is 0 Å². The molecule has 2 fully saturated rings. The third-order valence-electron chi connectivity index (χ3n) is 5.75. The van der Waals surface area contributed by atoms with Crippen LogP contribution in [0.1, 0.15) is 19.3 Å². The van der Waals surface area contributed by atoms with Crippen LogP contribution in [-0.2, 0) is 4.74 Å². The molecule has 158 valence electrons. The topological polar surface area (TPSA) is 65.0 Å². The number of aromatic nitrogens is 1. The Hall–Kier alpha value is -1.20. The van der Waals surface area contributed by atoms with Crippen molar-refractivity contribution in [3.63, 3.8) is 0 Å². The van der Waals surface area contributed by atoms with E-state index in [4.69, 9.17) is 4.74 Å². The number of nitrogens with zero attached hydrogens (tertiary/aromatic N) is 4. The van der Waals surface area contributed by atoms with Crippen molar-refractivity contribution >= 4 is 35.8 Å². The minimum absolute atomic E-state index is 0. The molecule has 2 N–H and O–H groups in total. The summed E-state index contributed by atoms with van der Waals surface area (Å²) in [4.78, 5) is 12.8. The quantitative estimate of drug-likeness (QED) is 0.360. The zero-order chi connectivity index (χ0) is 19.3. The van der Waals surface area contributed by atoms with Gasteiger partial charge in [0, 0.05) is 57.7 Å². The second kappa shape index (κ2) is 10.5. The summed E-state index contributed by atoms with van der Waals surface area (Å²) in [5.41, 5.74) is 0.0780. The van der Waals surface area contributed by atoms with Crippen molar-refractivity contribution in [1.29, 1.82) is 0 Å². The third kappa shape index (κ3) is 5.44. The summed E-state index contributed by atoms with van der Waals surface area (Å²) in [6.45, 7) is 3.88. The normalized spacial score (nSPS) is 22.1. The molecule has 3 heterocycles. The van der Waals surface area contributed by atoms with Crippen molar-refractivity contribution in [2.24, 2.45) is 4.99 Å². The van der Waals surface area contributed by atoms with Crippen LogP contribution in [0.3, 0.4) is 0 Å². The molecule has 28 heavy (non-hydrogen) atoms. The highest BCUT2D eigenvalue weighted by Crippen LogP contribution is 2.25. The molecule has 1 aromatic rings. The van der Waals surface area contributed by atoms with Crippen LogP contribution < -0.4 is 15.5 Å². The lowest BCUT2D eigenvalue weighted by atomic mass is 9.88. The van der Waals surface area contributed by atoms with Crippen molar-refractivity contribution in [3.8, 4) is 0 Å². The van der Waals surface area contributed by atoms with E-state index in [0.717, 1.165) is 51.5 Å². The highest BCUT2D eigenvalue weighted by molar-refractivity contribution is 14.0. The number of likely N-dealkylation sites (N-methyl/N-ethyl adjacent to an activating group) is 1. The zero-order valence-corrected chi connectivity index (χ0v) is 19.3. The molecule has 7 nitrogen and oxygen atoms in total. The minimum atomic E-state index is -0.270. The molecule has 1 unspecified atom stereocenters. The van der Waals surface area contributed by atoms with Crippen molar-refractivity contribution < 1.29 is 9.13 Å². The standard InChI is InChI=1S/C19H31FN6O.HI/c1-21-18(23-14-19(25(2)3)7-11-27-12-8-19)24-15-6-10-26(13-15)17-16(20)5-4-9-22-17;/h4-5,9,15H,6-8,10-14H2,1-3H3,(H2,21,23,24);1H. The number of nitrogens with one attached hydrogen (secondary N) is 2. The first-order chi connectivity index (χ1) is 13.0. The molecule has 1 aromatic heterocycles. The summed E-state index contributed by atoms with van der Waals surface area (Å²) in [6, 6.07) is 3.29. The molecular weight excluding hydrogens is 474 g/mol. The summed E-state index contributed by atoms with van der Waals surface area (Å²) < 4.78 is 19.5. The average molecular weight is 506 g/mol. The summed E-state index contributed by atoms with van der Waals surface area (Å²) >= 11 is 0. The second-order valence-electron chi connectivity index (χ2n) is 7.54. The molecule has 3 rings (SSSR count). The number of hydrogen-bond donors (Lipinski definition) is 2. The van der Waals surface area contributed by atoms with E-state index in [1.54, 1.807) is 19.3 Å². The smallest absolute Gasteiger partial charge is 0.191 e. The van der Waals surface area contributed by atoms with Gasteiger partial charge in [0.15, 0.2) is 17.6 Å². The van der Waals surface area contributed by atoms with Gasteiger partial charge in [-0.2, -0.15) is 0 Å². The SMILES string of the molecule is CN=C(NCC1(N(C)C)CCOCC1)NC1CCN(c2ncccc2F)C1.I. The van der Waals surface area contributed by atoms with E-state index in [0.29, 0.717) is 12.4 Å². The molecular formula is C19H32FIN6O. The van der Waals surface area contributed by atoms with Crippen molar-refractivity contribution in [3.05, 3.63) is 24.1 Å². The monoisotopic (exact) mass is 506 g/mol. The van der Waals surface area contributed by atoms with Crippen LogP contribution in [0.25, 0.3) is 0 Å². The number of hydrogen-bond acceptors (Lipinski definition) is 5. The van der Waals surface area contributed by atoms with Gasteiger partial charge in [-0.25, -0.2) is 9.37 Å². The Morgan fingerprint density at radius 3 is 2.82 bits per heavy atom. The Morgan fingerprint density at radius 1 is 1.43 bits per heavy atom. The Bertz CT molecular complexity index is 653. The van der Waals surface area contributed by atoms with Crippen LogP contribution in [0, 0.1) is 5.82 Å². The molecule has 0 bridgehead atoms. The highest BCUT2D eigenvalue weighted by atomic mass is 127. The molecule has 0 spiro atoms. The fraction of sp³-hybridized carbons (Fsp3) is 0.684. The summed E-state index contributed by atoms with van der Waals surface area (Å²) in [7, 11) is 6.03. The van der Waals surface area contributed by atoms with E-state index in [1.165, 1.54) is 6.07 Å². The molecule has 2 aliphatic heterocycles. The van der Waals surface area contributed by atoms with E-state index in [-0.39, 0.29) is 41.4 Å². The maximum atomic E-state index is 14.0. The number of aliphatic imine (C=N–C) groups is 1. The van der Waals surface area contributed by atoms with Crippen molar-refractivity contribution in [1.82, 2.24) is 20.5 Å². The molecule has 0 aliphatic carbocycles. The first-order valence-corrected chi connectivity index (χ1v) is 9.62. The first kappa shape index (κ1) is 23.1. The van der Waals surface area contributed by atoms with Gasteiger partial charge in [0.1, 0.15) is 0 Å². The number of ether oxygens (including phenoxy) is 1. The summed E-state index contributed by atoms with van der Waals surface area (Å²) in [6.07, 6.45) is 4.55. The third-order valence-corrected chi connectivity index (χ3v) is 5.75. The van der Waals surface area contributed by atoms with Gasteiger partial charge >= 0.3 is 0 Å². The van der Waals surface area contributed by atoms with Gasteiger partial charge in [-0.15, -0.1) is 24.0 Å². The number of halogens is 2. The average Bonchev–Trinajstić information content (AvgIpc) is 3.14. The van der Waals surface area contributed by atoms with E-state index in [9.17, 15) is 4.39 Å². The van der Waals surface area contributed by atoms with Gasteiger partial charge < -0.3 is 25.2 Å². The summed E-state index contributed by atoms with van der Waals surface area (Å²) in [5.74, 6) is 0.947. The predicted octanol–water partition coefficient (Wildman–Crippen LogP) is 1.69. The number of pyridine rings is 1. The van der Waals surface area contributed by atoms with Gasteiger partial charge in [-0.3, -0.25) is 4.99 Å². The van der Waals surface area contributed by atoms with Crippen molar-refractivity contribution in [2.75, 3.05) is 58.9 Å². The van der Waals surface area contributed by atoms with Crippen LogP contribution in [-0.4, -0.2) is 81.4 Å². The zero-order valence-electron chi connectivity index (χ0n) is 16.9. The number of rotatable bonds is 5. The second-order valence-corrected chi connectivity index (χ2v) is 7.54. The molecule has 9 heteroatoms. The predicted molar refractivity (Wildman–Crippen MR) is 121 cm³/mol. The largest absolute Gasteiger partial charge is 0.381 e. The van der Waals surface area contributed by atoms with Gasteiger partial charge in [0.2, 0.25) is 0 Å². The fourth-order valence-electron chi connectivity index (χ4n) is 3.85. The Kier molecular flexibility index (Phi) is 8.69. The first-order valence-electron chi connectivity index (χ1n) is 9.62. The van der Waals surface area contributed by atoms with E-state index in [2.05, 4.69) is 39.6 Å². The number of guanidine groups is 1. The lowest BCUT2D eigenvalue weighted by Crippen LogP contribution is -2.57. The number of anilines is 1. The molecule has 2 saturated heterocycles. The maximum Gasteiger partial charge on any atom is 0.191 e. The molecule has 0 radical (unpaired) electrons. The van der Waals surface area contributed by atoms with E-state index < -0.39 is 0 Å². The Balaban J connectivity index is 0.00000280. The molecule has 0 saturated carbocycles. The lowest BCUT2D eigenvalue weighted by Gasteiger charge is -2.43. The summed E-state index contributed by atoms with van der Waals surface area (Å²) in [5, 5.41) is 6.97. The molecule has 1 atom stereocenters. The molecule has 2 aliphatic rings. The Labute approximate surface area is 184 Å². The Morgan fingerprint density at radius 2 is 2.18 bits per heavy atom. The van der Waals surface area contributed by atoms with Crippen molar-refractivity contribution in [2.45, 2.75) is 30.8 Å². The van der Waals surface area contributed by atoms with Gasteiger partial charge in [0.05, 0.1) is 0 Å². The fourth-order valence-corrected chi connectivity index (χ4v) is 3.85. The highest BCUT2D eigenvalue weighted by Gasteiger charge is 2.35. The van der Waals surface area contributed by atoms with Gasteiger partial charge in [-0.1, -0.05) is 0 Å². The molecule has 0 amide bonds. The van der Waals surface area contributed by atoms with Gasteiger partial charge in [0.25, 0.3) is 0 Å². The van der Waals surface area contributed by atoms with E-state index in [1.807, 2.05) is 4.90 Å². The molecule has 0 aromatic carbocycles. The van der Waals surface area contributed by atoms with Crippen LogP contribution in [0.15, 0.2) is 23.3 Å².